The minimum Gasteiger partial charge on any atom is -0.506 e. The number of aromatic hydroxyl groups is 1. The number of carbonyl (C=O) groups excluding carboxylic acids is 1. The summed E-state index contributed by atoms with van der Waals surface area (Å²) in [6.07, 6.45) is 1.41. The van der Waals surface area contributed by atoms with Gasteiger partial charge in [0.25, 0.3) is 5.56 Å². The number of aromatic amines is 1. The highest BCUT2D eigenvalue weighted by Gasteiger charge is 2.28. The van der Waals surface area contributed by atoms with Gasteiger partial charge >= 0.3 is 5.69 Å². The van der Waals surface area contributed by atoms with Gasteiger partial charge in [-0.25, -0.2) is 17.9 Å². The first kappa shape index (κ1) is 20.8. The number of benzene rings is 2. The van der Waals surface area contributed by atoms with Gasteiger partial charge in [0.1, 0.15) is 5.75 Å². The van der Waals surface area contributed by atoms with Crippen LogP contribution in [0.4, 0.5) is 5.69 Å². The van der Waals surface area contributed by atoms with Crippen molar-refractivity contribution in [2.45, 2.75) is 36.7 Å². The number of amides is 1. The maximum absolute atomic E-state index is 12.4. The number of nitrogens with one attached hydrogen (secondary N) is 3. The van der Waals surface area contributed by atoms with Crippen molar-refractivity contribution in [2.75, 3.05) is 5.32 Å². The molecule has 0 unspecified atom stereocenters. The number of anilines is 1. The maximum atomic E-state index is 12.4. The third-order valence-electron chi connectivity index (χ3n) is 4.92. The highest BCUT2D eigenvalue weighted by Crippen LogP contribution is 2.28. The SMILES string of the molecule is O=C(CCn1c(=O)[nH]c(=O)c2ccccc21)Nc1cc(S(=O)(=O)NC2CC2)ccc1O. The number of phenolic OH excluding ortho intramolecular Hbond substituents is 1. The average molecular weight is 444 g/mol. The quantitative estimate of drug-likeness (QED) is 0.397. The summed E-state index contributed by atoms with van der Waals surface area (Å²) in [7, 11) is -3.75. The number of nitrogens with zero attached hydrogens (tertiary/aromatic N) is 1. The third kappa shape index (κ3) is 4.52. The number of para-hydroxylation sites is 1. The predicted octanol–water partition coefficient (Wildman–Crippen LogP) is 0.865. The minimum absolute atomic E-state index is 0.0239. The van der Waals surface area contributed by atoms with Crippen LogP contribution in [0.25, 0.3) is 10.9 Å². The molecule has 0 saturated heterocycles. The molecule has 0 aliphatic heterocycles. The Morgan fingerprint density at radius 1 is 1.16 bits per heavy atom. The van der Waals surface area contributed by atoms with Gasteiger partial charge in [0.2, 0.25) is 15.9 Å². The summed E-state index contributed by atoms with van der Waals surface area (Å²) < 4.78 is 28.5. The van der Waals surface area contributed by atoms with Gasteiger partial charge in [-0.05, 0) is 43.2 Å². The maximum Gasteiger partial charge on any atom is 0.328 e. The van der Waals surface area contributed by atoms with E-state index in [0.29, 0.717) is 10.9 Å². The summed E-state index contributed by atoms with van der Waals surface area (Å²) in [4.78, 5) is 38.7. The molecule has 1 aromatic heterocycles. The lowest BCUT2D eigenvalue weighted by Gasteiger charge is -2.12. The minimum atomic E-state index is -3.75. The van der Waals surface area contributed by atoms with Crippen molar-refractivity contribution in [1.29, 1.82) is 0 Å². The largest absolute Gasteiger partial charge is 0.506 e. The molecule has 0 radical (unpaired) electrons. The van der Waals surface area contributed by atoms with E-state index in [0.717, 1.165) is 12.8 Å². The second kappa shape index (κ2) is 8.00. The van der Waals surface area contributed by atoms with Gasteiger partial charge in [-0.15, -0.1) is 0 Å². The zero-order valence-electron chi connectivity index (χ0n) is 16.3. The number of hydrogen-bond acceptors (Lipinski definition) is 6. The van der Waals surface area contributed by atoms with Crippen molar-refractivity contribution in [3.63, 3.8) is 0 Å². The molecular formula is C20H20N4O6S. The summed E-state index contributed by atoms with van der Waals surface area (Å²) in [5, 5.41) is 12.8. The molecule has 162 valence electrons. The van der Waals surface area contributed by atoms with E-state index in [1.165, 1.54) is 22.8 Å². The number of carbonyl (C=O) groups is 1. The Morgan fingerprint density at radius 3 is 2.65 bits per heavy atom. The van der Waals surface area contributed by atoms with Gasteiger partial charge in [-0.2, -0.15) is 0 Å². The number of phenols is 1. The molecule has 0 atom stereocenters. The average Bonchev–Trinajstić information content (AvgIpc) is 3.52. The number of aryl methyl sites for hydroxylation is 1. The van der Waals surface area contributed by atoms with Crippen LogP contribution in [0.5, 0.6) is 5.75 Å². The second-order valence-corrected chi connectivity index (χ2v) is 9.01. The smallest absolute Gasteiger partial charge is 0.328 e. The molecule has 11 heteroatoms. The normalized spacial score (nSPS) is 13.9. The van der Waals surface area contributed by atoms with Crippen molar-refractivity contribution in [2.24, 2.45) is 0 Å². The van der Waals surface area contributed by atoms with Crippen LogP contribution in [0.2, 0.25) is 0 Å². The monoisotopic (exact) mass is 444 g/mol. The molecule has 4 N–H and O–H groups in total. The summed E-state index contributed by atoms with van der Waals surface area (Å²) in [5.74, 6) is -0.826. The molecular weight excluding hydrogens is 424 g/mol. The summed E-state index contributed by atoms with van der Waals surface area (Å²) >= 11 is 0. The van der Waals surface area contributed by atoms with Crippen molar-refractivity contribution >= 4 is 32.5 Å². The molecule has 1 aliphatic carbocycles. The Hall–Kier alpha value is -3.44. The van der Waals surface area contributed by atoms with Crippen LogP contribution in [0.15, 0.2) is 56.9 Å². The lowest BCUT2D eigenvalue weighted by atomic mass is 10.2. The van der Waals surface area contributed by atoms with Crippen molar-refractivity contribution < 1.29 is 18.3 Å². The standard InChI is InChI=1S/C20H20N4O6S/c25-17-8-7-13(31(29,30)23-12-5-6-12)11-15(17)21-18(26)9-10-24-16-4-2-1-3-14(16)19(27)22-20(24)28/h1-4,7-8,11-12,23,25H,5-6,9-10H2,(H,21,26)(H,22,27,28). The number of aromatic nitrogens is 2. The fourth-order valence-electron chi connectivity index (χ4n) is 3.16. The third-order valence-corrected chi connectivity index (χ3v) is 6.44. The number of rotatable bonds is 7. The molecule has 2 aromatic carbocycles. The topological polar surface area (TPSA) is 150 Å². The van der Waals surface area contributed by atoms with Crippen LogP contribution >= 0.6 is 0 Å². The van der Waals surface area contributed by atoms with E-state index in [4.69, 9.17) is 0 Å². The van der Waals surface area contributed by atoms with Crippen LogP contribution < -0.4 is 21.3 Å². The fraction of sp³-hybridized carbons (Fsp3) is 0.250. The van der Waals surface area contributed by atoms with E-state index in [2.05, 4.69) is 15.0 Å². The zero-order chi connectivity index (χ0) is 22.2. The van der Waals surface area contributed by atoms with E-state index < -0.39 is 27.2 Å². The Balaban J connectivity index is 1.51. The van der Waals surface area contributed by atoms with E-state index in [9.17, 15) is 27.9 Å². The Kier molecular flexibility index (Phi) is 5.38. The molecule has 1 saturated carbocycles. The van der Waals surface area contributed by atoms with E-state index in [-0.39, 0.29) is 35.3 Å². The van der Waals surface area contributed by atoms with Crippen LogP contribution in [0.3, 0.4) is 0 Å². The number of hydrogen-bond donors (Lipinski definition) is 4. The summed E-state index contributed by atoms with van der Waals surface area (Å²) in [6, 6.07) is 10.1. The van der Waals surface area contributed by atoms with E-state index in [1.807, 2.05) is 0 Å². The van der Waals surface area contributed by atoms with Gasteiger partial charge < -0.3 is 10.4 Å². The van der Waals surface area contributed by atoms with Crippen LogP contribution in [0, 0.1) is 0 Å². The molecule has 3 aromatic rings. The van der Waals surface area contributed by atoms with Gasteiger partial charge in [0.15, 0.2) is 0 Å². The molecule has 1 amide bonds. The van der Waals surface area contributed by atoms with Gasteiger partial charge in [0, 0.05) is 19.0 Å². The lowest BCUT2D eigenvalue weighted by Crippen LogP contribution is -2.31. The zero-order valence-corrected chi connectivity index (χ0v) is 17.1. The van der Waals surface area contributed by atoms with Crippen molar-refractivity contribution in [3.8, 4) is 5.75 Å². The van der Waals surface area contributed by atoms with Crippen molar-refractivity contribution in [1.82, 2.24) is 14.3 Å². The van der Waals surface area contributed by atoms with Gasteiger partial charge in [-0.3, -0.25) is 19.1 Å². The lowest BCUT2D eigenvalue weighted by molar-refractivity contribution is -0.116. The van der Waals surface area contributed by atoms with Gasteiger partial charge in [-0.1, -0.05) is 12.1 Å². The molecule has 0 bridgehead atoms. The van der Waals surface area contributed by atoms with E-state index >= 15 is 0 Å². The Morgan fingerprint density at radius 2 is 1.90 bits per heavy atom. The first-order valence-electron chi connectivity index (χ1n) is 9.62. The van der Waals surface area contributed by atoms with E-state index in [1.54, 1.807) is 24.3 Å². The first-order chi connectivity index (χ1) is 14.7. The molecule has 0 spiro atoms. The highest BCUT2D eigenvalue weighted by molar-refractivity contribution is 7.89. The molecule has 4 rings (SSSR count). The van der Waals surface area contributed by atoms with Crippen LogP contribution in [0.1, 0.15) is 19.3 Å². The highest BCUT2D eigenvalue weighted by atomic mass is 32.2. The van der Waals surface area contributed by atoms with Crippen LogP contribution in [-0.4, -0.2) is 35.0 Å². The fourth-order valence-corrected chi connectivity index (χ4v) is 4.49. The number of fused-ring (bicyclic) bond motifs is 1. The molecule has 1 heterocycles. The summed E-state index contributed by atoms with van der Waals surface area (Å²) in [6.45, 7) is -0.0239. The number of H-pyrrole nitrogens is 1. The molecule has 31 heavy (non-hydrogen) atoms. The van der Waals surface area contributed by atoms with Crippen molar-refractivity contribution in [3.05, 3.63) is 63.3 Å². The molecule has 10 nitrogen and oxygen atoms in total. The molecule has 1 fully saturated rings. The predicted molar refractivity (Wildman–Crippen MR) is 114 cm³/mol. The second-order valence-electron chi connectivity index (χ2n) is 7.30. The Labute approximate surface area is 176 Å². The molecule has 1 aliphatic rings. The Bertz CT molecular complexity index is 1390. The van der Waals surface area contributed by atoms with Gasteiger partial charge in [0.05, 0.1) is 21.5 Å². The first-order valence-corrected chi connectivity index (χ1v) is 11.1. The van der Waals surface area contributed by atoms with Crippen LogP contribution in [-0.2, 0) is 21.4 Å². The summed E-state index contributed by atoms with van der Waals surface area (Å²) in [5.41, 5.74) is -0.809. The number of sulfonamides is 1.